The molecule has 1 N–H and O–H groups in total. The van der Waals surface area contributed by atoms with Crippen LogP contribution in [0.15, 0.2) is 0 Å². The summed E-state index contributed by atoms with van der Waals surface area (Å²) in [5.74, 6) is 2.06. The molecule has 1 heteroatoms. The van der Waals surface area contributed by atoms with Gasteiger partial charge in [-0.25, -0.2) is 0 Å². The summed E-state index contributed by atoms with van der Waals surface area (Å²) in [4.78, 5) is 0. The third kappa shape index (κ3) is 2.25. The van der Waals surface area contributed by atoms with Crippen molar-refractivity contribution in [2.45, 2.75) is 64.5 Å². The fourth-order valence-corrected chi connectivity index (χ4v) is 3.30. The van der Waals surface area contributed by atoms with Gasteiger partial charge in [-0.2, -0.15) is 0 Å². The summed E-state index contributed by atoms with van der Waals surface area (Å²) in [5.41, 5.74) is 0.712. The van der Waals surface area contributed by atoms with Gasteiger partial charge >= 0.3 is 0 Å². The van der Waals surface area contributed by atoms with Crippen molar-refractivity contribution >= 4 is 0 Å². The van der Waals surface area contributed by atoms with E-state index in [-0.39, 0.29) is 0 Å². The van der Waals surface area contributed by atoms with Crippen LogP contribution in [0.1, 0.15) is 53.4 Å². The number of rotatable bonds is 1. The SMILES string of the molecule is CC1(C)CC(C2CC2)CC(C)(C)N1. The number of piperidine rings is 1. The van der Waals surface area contributed by atoms with Gasteiger partial charge in [0.05, 0.1) is 0 Å². The highest BCUT2D eigenvalue weighted by Gasteiger charge is 2.43. The first-order chi connectivity index (χ1) is 5.88. The van der Waals surface area contributed by atoms with Crippen molar-refractivity contribution in [2.24, 2.45) is 11.8 Å². The van der Waals surface area contributed by atoms with E-state index in [0.29, 0.717) is 11.1 Å². The minimum atomic E-state index is 0.356. The third-order valence-corrected chi connectivity index (χ3v) is 3.51. The molecule has 0 unspecified atom stereocenters. The topological polar surface area (TPSA) is 12.0 Å². The molecule has 1 heterocycles. The fraction of sp³-hybridized carbons (Fsp3) is 1.00. The molecular weight excluding hydrogens is 158 g/mol. The number of hydrogen-bond acceptors (Lipinski definition) is 1. The van der Waals surface area contributed by atoms with Crippen LogP contribution < -0.4 is 5.32 Å². The van der Waals surface area contributed by atoms with Crippen LogP contribution in [0.4, 0.5) is 0 Å². The Morgan fingerprint density at radius 3 is 1.69 bits per heavy atom. The van der Waals surface area contributed by atoms with E-state index in [0.717, 1.165) is 11.8 Å². The predicted molar refractivity (Wildman–Crippen MR) is 56.7 cm³/mol. The Balaban J connectivity index is 2.06. The van der Waals surface area contributed by atoms with Gasteiger partial charge in [0.15, 0.2) is 0 Å². The van der Waals surface area contributed by atoms with Gasteiger partial charge in [0.25, 0.3) is 0 Å². The minimum Gasteiger partial charge on any atom is -0.307 e. The van der Waals surface area contributed by atoms with Crippen molar-refractivity contribution in [3.63, 3.8) is 0 Å². The van der Waals surface area contributed by atoms with E-state index >= 15 is 0 Å². The molecule has 2 fully saturated rings. The maximum absolute atomic E-state index is 3.74. The lowest BCUT2D eigenvalue weighted by Gasteiger charge is -2.46. The fourth-order valence-electron chi connectivity index (χ4n) is 3.30. The zero-order valence-electron chi connectivity index (χ0n) is 9.48. The van der Waals surface area contributed by atoms with Crippen molar-refractivity contribution < 1.29 is 0 Å². The molecular formula is C12H23N. The van der Waals surface area contributed by atoms with Crippen molar-refractivity contribution in [1.29, 1.82) is 0 Å². The number of hydrogen-bond donors (Lipinski definition) is 1. The molecule has 0 atom stereocenters. The monoisotopic (exact) mass is 181 g/mol. The van der Waals surface area contributed by atoms with Crippen LogP contribution in [0.25, 0.3) is 0 Å². The highest BCUT2D eigenvalue weighted by Crippen LogP contribution is 2.46. The Morgan fingerprint density at radius 2 is 1.31 bits per heavy atom. The van der Waals surface area contributed by atoms with Crippen molar-refractivity contribution in [2.75, 3.05) is 0 Å². The molecule has 13 heavy (non-hydrogen) atoms. The van der Waals surface area contributed by atoms with E-state index in [1.54, 1.807) is 0 Å². The molecule has 0 aromatic carbocycles. The maximum atomic E-state index is 3.74. The Morgan fingerprint density at radius 1 is 0.846 bits per heavy atom. The Labute approximate surface area is 82.3 Å². The van der Waals surface area contributed by atoms with Gasteiger partial charge in [-0.1, -0.05) is 0 Å². The van der Waals surface area contributed by atoms with Crippen molar-refractivity contribution in [3.8, 4) is 0 Å². The van der Waals surface area contributed by atoms with E-state index in [4.69, 9.17) is 0 Å². The molecule has 1 saturated carbocycles. The van der Waals surface area contributed by atoms with Crippen molar-refractivity contribution in [1.82, 2.24) is 5.32 Å². The molecule has 0 spiro atoms. The second-order valence-electron chi connectivity index (χ2n) is 6.40. The van der Waals surface area contributed by atoms with Crippen molar-refractivity contribution in [3.05, 3.63) is 0 Å². The first-order valence-corrected chi connectivity index (χ1v) is 5.67. The summed E-state index contributed by atoms with van der Waals surface area (Å²) in [6, 6.07) is 0. The van der Waals surface area contributed by atoms with E-state index in [1.165, 1.54) is 25.7 Å². The van der Waals surface area contributed by atoms with Crippen LogP contribution in [-0.4, -0.2) is 11.1 Å². The average molecular weight is 181 g/mol. The first-order valence-electron chi connectivity index (χ1n) is 5.67. The normalized spacial score (nSPS) is 33.2. The summed E-state index contributed by atoms with van der Waals surface area (Å²) in [6.45, 7) is 9.40. The van der Waals surface area contributed by atoms with Gasteiger partial charge in [-0.05, 0) is 65.2 Å². The lowest BCUT2D eigenvalue weighted by Crippen LogP contribution is -2.58. The second kappa shape index (κ2) is 2.73. The van der Waals surface area contributed by atoms with Gasteiger partial charge in [0, 0.05) is 11.1 Å². The van der Waals surface area contributed by atoms with Crippen LogP contribution in [0.2, 0.25) is 0 Å². The summed E-state index contributed by atoms with van der Waals surface area (Å²) >= 11 is 0. The minimum absolute atomic E-state index is 0.356. The van der Waals surface area contributed by atoms with E-state index in [9.17, 15) is 0 Å². The largest absolute Gasteiger partial charge is 0.307 e. The Bertz CT molecular complexity index is 185. The summed E-state index contributed by atoms with van der Waals surface area (Å²) in [7, 11) is 0. The molecule has 1 aliphatic heterocycles. The van der Waals surface area contributed by atoms with Gasteiger partial charge in [-0.15, -0.1) is 0 Å². The molecule has 0 bridgehead atoms. The third-order valence-electron chi connectivity index (χ3n) is 3.51. The first kappa shape index (κ1) is 9.51. The number of nitrogens with one attached hydrogen (secondary N) is 1. The van der Waals surface area contributed by atoms with Gasteiger partial charge < -0.3 is 5.32 Å². The smallest absolute Gasteiger partial charge is 0.0132 e. The van der Waals surface area contributed by atoms with Crippen LogP contribution in [0.3, 0.4) is 0 Å². The van der Waals surface area contributed by atoms with Gasteiger partial charge in [0.1, 0.15) is 0 Å². The van der Waals surface area contributed by atoms with Gasteiger partial charge in [0.2, 0.25) is 0 Å². The van der Waals surface area contributed by atoms with Crippen LogP contribution in [0, 0.1) is 11.8 Å². The van der Waals surface area contributed by atoms with Gasteiger partial charge in [-0.3, -0.25) is 0 Å². The Kier molecular flexibility index (Phi) is 1.99. The second-order valence-corrected chi connectivity index (χ2v) is 6.40. The Hall–Kier alpha value is -0.0400. The quantitative estimate of drug-likeness (QED) is 0.656. The average Bonchev–Trinajstić information content (AvgIpc) is 2.57. The molecule has 1 saturated heterocycles. The summed E-state index contributed by atoms with van der Waals surface area (Å²) in [5, 5.41) is 3.74. The van der Waals surface area contributed by atoms with Crippen LogP contribution in [0.5, 0.6) is 0 Å². The van der Waals surface area contributed by atoms with E-state index < -0.39 is 0 Å². The standard InChI is InChI=1S/C12H23N/c1-11(2)7-10(9-5-6-9)8-12(3,4)13-11/h9-10,13H,5-8H2,1-4H3. The molecule has 0 aromatic heterocycles. The predicted octanol–water partition coefficient (Wildman–Crippen LogP) is 2.95. The van der Waals surface area contributed by atoms with Crippen LogP contribution in [-0.2, 0) is 0 Å². The molecule has 1 nitrogen and oxygen atoms in total. The molecule has 0 aromatic rings. The van der Waals surface area contributed by atoms with E-state index in [1.807, 2.05) is 0 Å². The lowest BCUT2D eigenvalue weighted by molar-refractivity contribution is 0.116. The summed E-state index contributed by atoms with van der Waals surface area (Å²) in [6.07, 6.45) is 5.75. The highest BCUT2D eigenvalue weighted by molar-refractivity contribution is 5.00. The summed E-state index contributed by atoms with van der Waals surface area (Å²) < 4.78 is 0. The molecule has 76 valence electrons. The molecule has 0 amide bonds. The molecule has 0 radical (unpaired) electrons. The molecule has 2 rings (SSSR count). The zero-order valence-corrected chi connectivity index (χ0v) is 9.48. The van der Waals surface area contributed by atoms with E-state index in [2.05, 4.69) is 33.0 Å². The highest BCUT2D eigenvalue weighted by atomic mass is 15.0. The maximum Gasteiger partial charge on any atom is 0.0132 e. The molecule has 1 aliphatic carbocycles. The zero-order chi connectivity index (χ0) is 9.69. The lowest BCUT2D eigenvalue weighted by atomic mass is 9.74. The molecule has 2 aliphatic rings. The van der Waals surface area contributed by atoms with Crippen LogP contribution >= 0.6 is 0 Å².